The number of carbonyl (C=O) groups is 1. The average molecular weight is 276 g/mol. The summed E-state index contributed by atoms with van der Waals surface area (Å²) in [4.78, 5) is 22.0. The molecule has 0 unspecified atom stereocenters. The van der Waals surface area contributed by atoms with E-state index < -0.39 is 22.0 Å². The van der Waals surface area contributed by atoms with Crippen LogP contribution in [0.1, 0.15) is 24.2 Å². The van der Waals surface area contributed by atoms with Crippen LogP contribution in [0.15, 0.2) is 6.07 Å². The van der Waals surface area contributed by atoms with Crippen LogP contribution in [0, 0.1) is 10.1 Å². The van der Waals surface area contributed by atoms with Gasteiger partial charge < -0.3 is 4.74 Å². The van der Waals surface area contributed by atoms with Crippen molar-refractivity contribution in [1.82, 2.24) is 0 Å². The van der Waals surface area contributed by atoms with Crippen LogP contribution in [0.25, 0.3) is 0 Å². The number of rotatable bonds is 1. The molecule has 0 atom stereocenters. The van der Waals surface area contributed by atoms with Gasteiger partial charge in [0.25, 0.3) is 5.69 Å². The number of nitro benzene ring substituents is 1. The van der Waals surface area contributed by atoms with E-state index in [1.807, 2.05) is 0 Å². The number of Topliss-reactive ketones (excluding diaryl/α,β-unsaturated/α-hetero) is 1. The predicted molar refractivity (Wildman–Crippen MR) is 62.2 cm³/mol. The zero-order valence-corrected chi connectivity index (χ0v) is 10.4. The molecule has 0 saturated heterocycles. The van der Waals surface area contributed by atoms with Crippen molar-refractivity contribution in [3.8, 4) is 5.75 Å². The number of halogens is 2. The first-order chi connectivity index (χ1) is 7.75. The van der Waals surface area contributed by atoms with E-state index in [0.717, 1.165) is 6.07 Å². The summed E-state index contributed by atoms with van der Waals surface area (Å²) in [5.74, 6) is -0.305. The monoisotopic (exact) mass is 275 g/mol. The molecule has 5 nitrogen and oxygen atoms in total. The number of ether oxygens (including phenoxy) is 1. The third-order valence-corrected chi connectivity index (χ3v) is 3.14. The lowest BCUT2D eigenvalue weighted by Gasteiger charge is -2.15. The Balaban J connectivity index is 2.76. The number of nitro groups is 1. The molecule has 1 aromatic rings. The lowest BCUT2D eigenvalue weighted by atomic mass is 9.99. The Morgan fingerprint density at radius 3 is 2.53 bits per heavy atom. The van der Waals surface area contributed by atoms with Gasteiger partial charge in [0.15, 0.2) is 11.4 Å². The molecule has 1 aliphatic rings. The molecule has 1 aliphatic heterocycles. The third-order valence-electron chi connectivity index (χ3n) is 2.48. The molecule has 0 bridgehead atoms. The number of hydrogen-bond acceptors (Lipinski definition) is 4. The van der Waals surface area contributed by atoms with Gasteiger partial charge in [0.1, 0.15) is 5.02 Å². The summed E-state index contributed by atoms with van der Waals surface area (Å²) in [5, 5.41) is 10.5. The fraction of sp³-hybridized carbons (Fsp3) is 0.300. The molecule has 0 amide bonds. The van der Waals surface area contributed by atoms with Gasteiger partial charge in [-0.15, -0.1) is 0 Å². The summed E-state index contributed by atoms with van der Waals surface area (Å²) >= 11 is 11.7. The molecule has 17 heavy (non-hydrogen) atoms. The average Bonchev–Trinajstić information content (AvgIpc) is 2.45. The Morgan fingerprint density at radius 2 is 2.00 bits per heavy atom. The maximum Gasteiger partial charge on any atom is 0.290 e. The number of ketones is 1. The molecule has 90 valence electrons. The number of fused-ring (bicyclic) bond motifs is 1. The maximum absolute atomic E-state index is 12.0. The molecule has 1 heterocycles. The second kappa shape index (κ2) is 3.58. The summed E-state index contributed by atoms with van der Waals surface area (Å²) in [6.45, 7) is 3.10. The molecular weight excluding hydrogens is 269 g/mol. The fourth-order valence-corrected chi connectivity index (χ4v) is 2.17. The Kier molecular flexibility index (Phi) is 2.56. The lowest BCUT2D eigenvalue weighted by Crippen LogP contribution is -2.32. The number of nitrogens with zero attached hydrogens (tertiary/aromatic N) is 1. The van der Waals surface area contributed by atoms with E-state index in [-0.39, 0.29) is 21.4 Å². The van der Waals surface area contributed by atoms with E-state index in [1.54, 1.807) is 13.8 Å². The molecule has 0 saturated carbocycles. The van der Waals surface area contributed by atoms with Gasteiger partial charge in [-0.2, -0.15) is 0 Å². The normalized spacial score (nSPS) is 16.6. The van der Waals surface area contributed by atoms with Gasteiger partial charge >= 0.3 is 0 Å². The van der Waals surface area contributed by atoms with Crippen molar-refractivity contribution in [3.63, 3.8) is 0 Å². The quantitative estimate of drug-likeness (QED) is 0.583. The van der Waals surface area contributed by atoms with E-state index in [1.165, 1.54) is 0 Å². The number of hydrogen-bond donors (Lipinski definition) is 0. The van der Waals surface area contributed by atoms with Crippen molar-refractivity contribution in [1.29, 1.82) is 0 Å². The Bertz CT molecular complexity index is 554. The predicted octanol–water partition coefficient (Wildman–Crippen LogP) is 3.26. The van der Waals surface area contributed by atoms with Crippen molar-refractivity contribution in [3.05, 3.63) is 31.8 Å². The topological polar surface area (TPSA) is 69.4 Å². The Labute approximate surface area is 106 Å². The zero-order chi connectivity index (χ0) is 13.0. The van der Waals surface area contributed by atoms with Crippen molar-refractivity contribution in [2.45, 2.75) is 19.4 Å². The van der Waals surface area contributed by atoms with Gasteiger partial charge in [-0.3, -0.25) is 14.9 Å². The highest BCUT2D eigenvalue weighted by Crippen LogP contribution is 2.47. The van der Waals surface area contributed by atoms with E-state index in [2.05, 4.69) is 0 Å². The van der Waals surface area contributed by atoms with Gasteiger partial charge in [0, 0.05) is 6.07 Å². The molecule has 7 heteroatoms. The Morgan fingerprint density at radius 1 is 1.41 bits per heavy atom. The van der Waals surface area contributed by atoms with E-state index >= 15 is 0 Å². The molecule has 1 aromatic carbocycles. The van der Waals surface area contributed by atoms with Crippen LogP contribution in [0.5, 0.6) is 5.75 Å². The summed E-state index contributed by atoms with van der Waals surface area (Å²) < 4.78 is 5.36. The fourth-order valence-electron chi connectivity index (χ4n) is 1.63. The summed E-state index contributed by atoms with van der Waals surface area (Å²) in [5.41, 5.74) is -1.52. The van der Waals surface area contributed by atoms with Gasteiger partial charge in [0.05, 0.1) is 15.5 Å². The van der Waals surface area contributed by atoms with E-state index in [9.17, 15) is 14.9 Å². The van der Waals surface area contributed by atoms with Crippen molar-refractivity contribution in [2.75, 3.05) is 0 Å². The first kappa shape index (κ1) is 12.1. The van der Waals surface area contributed by atoms with Crippen molar-refractivity contribution < 1.29 is 14.5 Å². The molecule has 0 fully saturated rings. The number of carbonyl (C=O) groups excluding carboxylic acids is 1. The molecular formula is C10H7Cl2NO4. The summed E-state index contributed by atoms with van der Waals surface area (Å²) in [6.07, 6.45) is 0. The highest BCUT2D eigenvalue weighted by molar-refractivity contribution is 6.40. The molecule has 0 aromatic heterocycles. The van der Waals surface area contributed by atoms with Crippen LogP contribution in [-0.2, 0) is 0 Å². The highest BCUT2D eigenvalue weighted by atomic mass is 35.5. The minimum Gasteiger partial charge on any atom is -0.477 e. The van der Waals surface area contributed by atoms with Gasteiger partial charge in [-0.05, 0) is 13.8 Å². The number of benzene rings is 1. The summed E-state index contributed by atoms with van der Waals surface area (Å²) in [6, 6.07) is 1.08. The third kappa shape index (κ3) is 1.66. The highest BCUT2D eigenvalue weighted by Gasteiger charge is 2.44. The van der Waals surface area contributed by atoms with E-state index in [4.69, 9.17) is 27.9 Å². The molecule has 0 N–H and O–H groups in total. The van der Waals surface area contributed by atoms with Crippen LogP contribution >= 0.6 is 23.2 Å². The van der Waals surface area contributed by atoms with Gasteiger partial charge in [0.2, 0.25) is 5.78 Å². The Hall–Kier alpha value is -1.33. The standard InChI is InChI=1S/C10H7Cl2NO4/c1-10(2)9(14)6-7(12)5(13(15)16)3-4(11)8(6)17-10/h3H,1-2H3. The van der Waals surface area contributed by atoms with Crippen LogP contribution in [-0.4, -0.2) is 16.3 Å². The lowest BCUT2D eigenvalue weighted by molar-refractivity contribution is -0.384. The smallest absolute Gasteiger partial charge is 0.290 e. The van der Waals surface area contributed by atoms with Crippen LogP contribution < -0.4 is 4.74 Å². The van der Waals surface area contributed by atoms with E-state index in [0.29, 0.717) is 0 Å². The van der Waals surface area contributed by atoms with Crippen LogP contribution in [0.3, 0.4) is 0 Å². The van der Waals surface area contributed by atoms with Gasteiger partial charge in [-0.1, -0.05) is 23.2 Å². The summed E-state index contributed by atoms with van der Waals surface area (Å²) in [7, 11) is 0. The van der Waals surface area contributed by atoms with Crippen LogP contribution in [0.2, 0.25) is 10.0 Å². The first-order valence-corrected chi connectivity index (χ1v) is 5.41. The minimum absolute atomic E-state index is 0.00928. The first-order valence-electron chi connectivity index (χ1n) is 4.66. The SMILES string of the molecule is CC1(C)Oc2c(Cl)cc([N+](=O)[O-])c(Cl)c2C1=O. The molecule has 0 aliphatic carbocycles. The minimum atomic E-state index is -1.11. The zero-order valence-electron chi connectivity index (χ0n) is 8.91. The maximum atomic E-state index is 12.0. The molecule has 2 rings (SSSR count). The molecule has 0 spiro atoms. The van der Waals surface area contributed by atoms with Crippen molar-refractivity contribution >= 4 is 34.7 Å². The van der Waals surface area contributed by atoms with Crippen LogP contribution in [0.4, 0.5) is 5.69 Å². The largest absolute Gasteiger partial charge is 0.477 e. The van der Waals surface area contributed by atoms with Crippen molar-refractivity contribution in [2.24, 2.45) is 0 Å². The second-order valence-electron chi connectivity index (χ2n) is 4.09. The second-order valence-corrected chi connectivity index (χ2v) is 4.88. The molecule has 0 radical (unpaired) electrons. The van der Waals surface area contributed by atoms with Gasteiger partial charge in [-0.25, -0.2) is 0 Å².